The lowest BCUT2D eigenvalue weighted by Gasteiger charge is -2.32. The third-order valence-corrected chi connectivity index (χ3v) is 6.66. The number of benzene rings is 1. The molecule has 1 saturated carbocycles. The Morgan fingerprint density at radius 1 is 1.00 bits per heavy atom. The van der Waals surface area contributed by atoms with Gasteiger partial charge in [0, 0.05) is 11.1 Å². The topological polar surface area (TPSA) is 44.5 Å². The van der Waals surface area contributed by atoms with E-state index in [0.29, 0.717) is 0 Å². The number of hydrogen-bond acceptors (Lipinski definition) is 4. The first-order chi connectivity index (χ1) is 12.8. The molecule has 1 aliphatic carbocycles. The zero-order chi connectivity index (χ0) is 19.2. The van der Waals surface area contributed by atoms with E-state index < -0.39 is 0 Å². The molecule has 2 fully saturated rings. The van der Waals surface area contributed by atoms with Crippen molar-refractivity contribution < 1.29 is 13.8 Å². The SMILES string of the molecule is Cc1onc(-c2ccc(B3OC(C)(C)C(C)(C)O3)cc2)c1CC1CCCC1. The van der Waals surface area contributed by atoms with E-state index in [0.717, 1.165) is 34.8 Å². The van der Waals surface area contributed by atoms with Crippen molar-refractivity contribution in [2.24, 2.45) is 5.92 Å². The Morgan fingerprint density at radius 3 is 2.19 bits per heavy atom. The summed E-state index contributed by atoms with van der Waals surface area (Å²) in [5.41, 5.74) is 3.74. The highest BCUT2D eigenvalue weighted by molar-refractivity contribution is 6.62. The molecule has 1 saturated heterocycles. The Hall–Kier alpha value is -1.59. The Bertz CT molecular complexity index is 787. The zero-order valence-corrected chi connectivity index (χ0v) is 17.2. The second kappa shape index (κ2) is 6.79. The molecule has 0 atom stereocenters. The van der Waals surface area contributed by atoms with Crippen LogP contribution in [0.3, 0.4) is 0 Å². The highest BCUT2D eigenvalue weighted by Crippen LogP contribution is 2.37. The van der Waals surface area contributed by atoms with Gasteiger partial charge in [-0.25, -0.2) is 0 Å². The maximum absolute atomic E-state index is 6.16. The minimum absolute atomic E-state index is 0.325. The van der Waals surface area contributed by atoms with E-state index in [-0.39, 0.29) is 18.3 Å². The maximum atomic E-state index is 6.16. The molecule has 144 valence electrons. The van der Waals surface area contributed by atoms with E-state index in [1.165, 1.54) is 31.2 Å². The van der Waals surface area contributed by atoms with Crippen LogP contribution in [0.1, 0.15) is 64.7 Å². The van der Waals surface area contributed by atoms with Gasteiger partial charge in [-0.1, -0.05) is 55.1 Å². The first-order valence-corrected chi connectivity index (χ1v) is 10.2. The monoisotopic (exact) mass is 367 g/mol. The summed E-state index contributed by atoms with van der Waals surface area (Å²) in [6.07, 6.45) is 6.43. The average Bonchev–Trinajstić information content (AvgIpc) is 3.29. The fraction of sp³-hybridized carbons (Fsp3) is 0.591. The van der Waals surface area contributed by atoms with E-state index in [1.54, 1.807) is 0 Å². The molecule has 2 heterocycles. The van der Waals surface area contributed by atoms with Crippen molar-refractivity contribution in [2.45, 2.75) is 77.9 Å². The van der Waals surface area contributed by atoms with Gasteiger partial charge in [-0.2, -0.15) is 0 Å². The second-order valence-electron chi connectivity index (χ2n) is 9.13. The Morgan fingerprint density at radius 2 is 1.59 bits per heavy atom. The minimum atomic E-state index is -0.332. The van der Waals surface area contributed by atoms with Gasteiger partial charge in [0.2, 0.25) is 0 Å². The van der Waals surface area contributed by atoms with Gasteiger partial charge in [0.15, 0.2) is 0 Å². The first-order valence-electron chi connectivity index (χ1n) is 10.2. The van der Waals surface area contributed by atoms with Crippen molar-refractivity contribution in [2.75, 3.05) is 0 Å². The number of aryl methyl sites for hydroxylation is 1. The molecule has 0 radical (unpaired) electrons. The van der Waals surface area contributed by atoms with Crippen molar-refractivity contribution in [3.8, 4) is 11.3 Å². The summed E-state index contributed by atoms with van der Waals surface area (Å²) < 4.78 is 17.9. The summed E-state index contributed by atoms with van der Waals surface area (Å²) in [4.78, 5) is 0. The zero-order valence-electron chi connectivity index (χ0n) is 17.2. The van der Waals surface area contributed by atoms with Gasteiger partial charge in [0.05, 0.1) is 11.2 Å². The molecule has 0 N–H and O–H groups in total. The molecule has 0 unspecified atom stereocenters. The van der Waals surface area contributed by atoms with Crippen LogP contribution in [0.2, 0.25) is 0 Å². The molecule has 2 aromatic rings. The summed E-state index contributed by atoms with van der Waals surface area (Å²) in [5.74, 6) is 1.72. The van der Waals surface area contributed by atoms with E-state index in [1.807, 2.05) is 6.92 Å². The lowest BCUT2D eigenvalue weighted by molar-refractivity contribution is 0.00578. The third kappa shape index (κ3) is 3.47. The van der Waals surface area contributed by atoms with Crippen molar-refractivity contribution in [3.63, 3.8) is 0 Å². The smallest absolute Gasteiger partial charge is 0.399 e. The van der Waals surface area contributed by atoms with Crippen LogP contribution in [0.5, 0.6) is 0 Å². The van der Waals surface area contributed by atoms with Crippen LogP contribution in [0.25, 0.3) is 11.3 Å². The fourth-order valence-electron chi connectivity index (χ4n) is 4.14. The highest BCUT2D eigenvalue weighted by Gasteiger charge is 2.51. The van der Waals surface area contributed by atoms with Crippen LogP contribution in [-0.4, -0.2) is 23.5 Å². The highest BCUT2D eigenvalue weighted by atomic mass is 16.7. The van der Waals surface area contributed by atoms with Crippen LogP contribution in [0.4, 0.5) is 0 Å². The Balaban J connectivity index is 1.55. The molecular weight excluding hydrogens is 337 g/mol. The fourth-order valence-corrected chi connectivity index (χ4v) is 4.14. The lowest BCUT2D eigenvalue weighted by Crippen LogP contribution is -2.41. The minimum Gasteiger partial charge on any atom is -0.399 e. The normalized spacial score (nSPS) is 21.9. The molecule has 27 heavy (non-hydrogen) atoms. The molecule has 1 aromatic carbocycles. The Kier molecular flexibility index (Phi) is 4.72. The molecule has 1 aliphatic heterocycles. The van der Waals surface area contributed by atoms with Crippen molar-refractivity contribution >= 4 is 12.6 Å². The summed E-state index contributed by atoms with van der Waals surface area (Å²) in [5, 5.41) is 4.36. The molecular formula is C22H30BNO3. The first kappa shape index (κ1) is 18.8. The van der Waals surface area contributed by atoms with Gasteiger partial charge in [-0.15, -0.1) is 0 Å². The van der Waals surface area contributed by atoms with Crippen molar-refractivity contribution in [1.82, 2.24) is 5.16 Å². The van der Waals surface area contributed by atoms with Crippen molar-refractivity contribution in [1.29, 1.82) is 0 Å². The van der Waals surface area contributed by atoms with Crippen LogP contribution >= 0.6 is 0 Å². The van der Waals surface area contributed by atoms with Crippen LogP contribution in [0.15, 0.2) is 28.8 Å². The summed E-state index contributed by atoms with van der Waals surface area (Å²) in [7, 11) is -0.332. The van der Waals surface area contributed by atoms with Gasteiger partial charge < -0.3 is 13.8 Å². The van der Waals surface area contributed by atoms with Crippen LogP contribution < -0.4 is 5.46 Å². The number of hydrogen-bond donors (Lipinski definition) is 0. The predicted molar refractivity (Wildman–Crippen MR) is 108 cm³/mol. The second-order valence-corrected chi connectivity index (χ2v) is 9.13. The number of aromatic nitrogens is 1. The van der Waals surface area contributed by atoms with Crippen LogP contribution in [0, 0.1) is 12.8 Å². The largest absolute Gasteiger partial charge is 0.494 e. The van der Waals surface area contributed by atoms with Crippen molar-refractivity contribution in [3.05, 3.63) is 35.6 Å². The number of nitrogens with zero attached hydrogens (tertiary/aromatic N) is 1. The Labute approximate surface area is 162 Å². The predicted octanol–water partition coefficient (Wildman–Crippen LogP) is 4.68. The van der Waals surface area contributed by atoms with Gasteiger partial charge in [-0.3, -0.25) is 0 Å². The molecule has 0 spiro atoms. The molecule has 1 aromatic heterocycles. The van der Waals surface area contributed by atoms with Gasteiger partial charge in [0.1, 0.15) is 11.5 Å². The van der Waals surface area contributed by atoms with Gasteiger partial charge in [-0.05, 0) is 52.4 Å². The van der Waals surface area contributed by atoms with E-state index in [9.17, 15) is 0 Å². The van der Waals surface area contributed by atoms with Gasteiger partial charge >= 0.3 is 7.12 Å². The average molecular weight is 367 g/mol. The van der Waals surface area contributed by atoms with E-state index >= 15 is 0 Å². The molecule has 4 nitrogen and oxygen atoms in total. The molecule has 0 bridgehead atoms. The van der Waals surface area contributed by atoms with E-state index in [4.69, 9.17) is 13.8 Å². The molecule has 5 heteroatoms. The summed E-state index contributed by atoms with van der Waals surface area (Å²) in [6, 6.07) is 8.38. The standard InChI is InChI=1S/C22H30BNO3/c1-15-19(14-16-8-6-7-9-16)20(24-25-15)17-10-12-18(13-11-17)23-26-21(2,3)22(4,5)27-23/h10-13,16H,6-9,14H2,1-5H3. The van der Waals surface area contributed by atoms with Crippen LogP contribution in [-0.2, 0) is 15.7 Å². The molecule has 0 amide bonds. The summed E-state index contributed by atoms with van der Waals surface area (Å²) in [6.45, 7) is 10.3. The van der Waals surface area contributed by atoms with Gasteiger partial charge in [0.25, 0.3) is 0 Å². The number of rotatable bonds is 4. The summed E-state index contributed by atoms with van der Waals surface area (Å²) >= 11 is 0. The van der Waals surface area contributed by atoms with E-state index in [2.05, 4.69) is 57.1 Å². The quantitative estimate of drug-likeness (QED) is 0.736. The lowest BCUT2D eigenvalue weighted by atomic mass is 9.78. The maximum Gasteiger partial charge on any atom is 0.494 e. The molecule has 2 aliphatic rings. The molecule has 4 rings (SSSR count). The third-order valence-electron chi connectivity index (χ3n) is 6.66.